The number of rotatable bonds is 6. The number of hydrogen-bond donors (Lipinski definition) is 1. The van der Waals surface area contributed by atoms with Crippen LogP contribution in [0.25, 0.3) is 0 Å². The SMILES string of the molecule is CC(C)(c1ccc(Cl)cc1)C(O)C(Oc1ccc(Cl)cc1)n1cncn1. The third-order valence-corrected chi connectivity index (χ3v) is 4.87. The van der Waals surface area contributed by atoms with Crippen molar-refractivity contribution < 1.29 is 9.84 Å². The van der Waals surface area contributed by atoms with Gasteiger partial charge in [-0.25, -0.2) is 9.67 Å². The van der Waals surface area contributed by atoms with Crippen molar-refractivity contribution >= 4 is 23.2 Å². The van der Waals surface area contributed by atoms with E-state index in [1.165, 1.54) is 17.3 Å². The maximum Gasteiger partial charge on any atom is 0.219 e. The third kappa shape index (κ3) is 4.01. The quantitative estimate of drug-likeness (QED) is 0.671. The Morgan fingerprint density at radius 3 is 2.12 bits per heavy atom. The summed E-state index contributed by atoms with van der Waals surface area (Å²) < 4.78 is 7.53. The molecule has 2 aromatic carbocycles. The molecule has 0 aliphatic rings. The Morgan fingerprint density at radius 2 is 1.58 bits per heavy atom. The third-order valence-electron chi connectivity index (χ3n) is 4.37. The van der Waals surface area contributed by atoms with E-state index in [2.05, 4.69) is 10.1 Å². The van der Waals surface area contributed by atoms with Crippen LogP contribution >= 0.6 is 23.2 Å². The monoisotopic (exact) mass is 391 g/mol. The van der Waals surface area contributed by atoms with Crippen molar-refractivity contribution in [2.45, 2.75) is 31.6 Å². The van der Waals surface area contributed by atoms with Crippen LogP contribution in [-0.4, -0.2) is 26.0 Å². The summed E-state index contributed by atoms with van der Waals surface area (Å²) in [6.45, 7) is 3.88. The summed E-state index contributed by atoms with van der Waals surface area (Å²) in [6.07, 6.45) is 1.23. The van der Waals surface area contributed by atoms with Gasteiger partial charge in [-0.2, -0.15) is 5.10 Å². The molecule has 3 rings (SSSR count). The molecule has 0 spiro atoms. The molecule has 0 fully saturated rings. The van der Waals surface area contributed by atoms with Gasteiger partial charge in [0.15, 0.2) is 0 Å². The van der Waals surface area contributed by atoms with E-state index in [1.807, 2.05) is 26.0 Å². The second-order valence-corrected chi connectivity index (χ2v) is 7.38. The van der Waals surface area contributed by atoms with Gasteiger partial charge in [0.2, 0.25) is 6.23 Å². The molecule has 0 amide bonds. The lowest BCUT2D eigenvalue weighted by Gasteiger charge is -2.36. The minimum Gasteiger partial charge on any atom is -0.466 e. The van der Waals surface area contributed by atoms with Crippen molar-refractivity contribution in [1.82, 2.24) is 14.8 Å². The number of aromatic nitrogens is 3. The largest absolute Gasteiger partial charge is 0.466 e. The highest BCUT2D eigenvalue weighted by Crippen LogP contribution is 2.34. The molecule has 1 N–H and O–H groups in total. The molecule has 0 saturated carbocycles. The summed E-state index contributed by atoms with van der Waals surface area (Å²) >= 11 is 11.9. The highest BCUT2D eigenvalue weighted by molar-refractivity contribution is 6.30. The molecule has 3 aromatic rings. The Labute approximate surface area is 162 Å². The average Bonchev–Trinajstić information content (AvgIpc) is 3.15. The summed E-state index contributed by atoms with van der Waals surface area (Å²) in [5, 5.41) is 16.6. The lowest BCUT2D eigenvalue weighted by molar-refractivity contribution is -0.0537. The smallest absolute Gasteiger partial charge is 0.219 e. The van der Waals surface area contributed by atoms with Gasteiger partial charge in [-0.1, -0.05) is 49.2 Å². The number of aliphatic hydroxyl groups excluding tert-OH is 1. The average molecular weight is 392 g/mol. The number of halogens is 2. The summed E-state index contributed by atoms with van der Waals surface area (Å²) in [5.41, 5.74) is 0.299. The van der Waals surface area contributed by atoms with Gasteiger partial charge in [0.25, 0.3) is 0 Å². The minimum atomic E-state index is -0.916. The van der Waals surface area contributed by atoms with Crippen LogP contribution in [0.3, 0.4) is 0 Å². The maximum absolute atomic E-state index is 11.2. The number of hydrogen-bond acceptors (Lipinski definition) is 4. The second kappa shape index (κ2) is 7.66. The van der Waals surface area contributed by atoms with Crippen molar-refractivity contribution in [2.75, 3.05) is 0 Å². The van der Waals surface area contributed by atoms with Crippen molar-refractivity contribution in [2.24, 2.45) is 0 Å². The molecule has 2 atom stereocenters. The zero-order chi connectivity index (χ0) is 18.7. The first-order valence-corrected chi connectivity index (χ1v) is 8.84. The summed E-state index contributed by atoms with van der Waals surface area (Å²) in [5.74, 6) is 0.570. The Hall–Kier alpha value is -2.08. The number of ether oxygens (including phenoxy) is 1. The van der Waals surface area contributed by atoms with E-state index in [0.717, 1.165) is 5.56 Å². The van der Waals surface area contributed by atoms with E-state index in [4.69, 9.17) is 27.9 Å². The molecule has 1 heterocycles. The van der Waals surface area contributed by atoms with E-state index in [1.54, 1.807) is 36.4 Å². The predicted octanol–water partition coefficient (Wildman–Crippen LogP) is 4.50. The van der Waals surface area contributed by atoms with Gasteiger partial charge < -0.3 is 9.84 Å². The zero-order valence-corrected chi connectivity index (χ0v) is 15.9. The summed E-state index contributed by atoms with van der Waals surface area (Å²) in [4.78, 5) is 3.97. The fourth-order valence-electron chi connectivity index (χ4n) is 2.67. The first kappa shape index (κ1) is 18.7. The standard InChI is InChI=1S/C19H19Cl2N3O2/c1-19(2,13-3-5-14(20)6-4-13)17(25)18(24-12-22-11-23-24)26-16-9-7-15(21)8-10-16/h3-12,17-18,25H,1-2H3. The molecule has 2 unspecified atom stereocenters. The Balaban J connectivity index is 1.92. The van der Waals surface area contributed by atoms with Gasteiger partial charge >= 0.3 is 0 Å². The minimum absolute atomic E-state index is 0.570. The van der Waals surface area contributed by atoms with Gasteiger partial charge in [-0.3, -0.25) is 0 Å². The second-order valence-electron chi connectivity index (χ2n) is 6.51. The topological polar surface area (TPSA) is 60.2 Å². The highest BCUT2D eigenvalue weighted by atomic mass is 35.5. The van der Waals surface area contributed by atoms with Gasteiger partial charge in [0, 0.05) is 15.5 Å². The Bertz CT molecular complexity index is 834. The van der Waals surface area contributed by atoms with Crippen LogP contribution in [-0.2, 0) is 5.41 Å². The summed E-state index contributed by atoms with van der Waals surface area (Å²) in [6, 6.07) is 14.3. The van der Waals surface area contributed by atoms with E-state index < -0.39 is 17.7 Å². The van der Waals surface area contributed by atoms with E-state index in [-0.39, 0.29) is 0 Å². The molecule has 0 radical (unpaired) electrons. The lowest BCUT2D eigenvalue weighted by atomic mass is 9.78. The molecule has 1 aromatic heterocycles. The van der Waals surface area contributed by atoms with Gasteiger partial charge in [-0.05, 0) is 42.0 Å². The Kier molecular flexibility index (Phi) is 5.51. The maximum atomic E-state index is 11.2. The molecule has 0 aliphatic heterocycles. The van der Waals surface area contributed by atoms with Crippen molar-refractivity contribution in [1.29, 1.82) is 0 Å². The van der Waals surface area contributed by atoms with E-state index in [0.29, 0.717) is 15.8 Å². The van der Waals surface area contributed by atoms with Crippen LogP contribution in [0.15, 0.2) is 61.2 Å². The van der Waals surface area contributed by atoms with Crippen LogP contribution in [0.1, 0.15) is 25.6 Å². The number of nitrogens with zero attached hydrogens (tertiary/aromatic N) is 3. The number of benzene rings is 2. The zero-order valence-electron chi connectivity index (χ0n) is 14.4. The first-order chi connectivity index (χ1) is 12.4. The molecular formula is C19H19Cl2N3O2. The lowest BCUT2D eigenvalue weighted by Crippen LogP contribution is -2.43. The molecular weight excluding hydrogens is 373 g/mol. The van der Waals surface area contributed by atoms with Crippen molar-refractivity contribution in [3.63, 3.8) is 0 Å². The Morgan fingerprint density at radius 1 is 1.00 bits per heavy atom. The molecule has 136 valence electrons. The van der Waals surface area contributed by atoms with Gasteiger partial charge in [0.05, 0.1) is 0 Å². The van der Waals surface area contributed by atoms with Crippen molar-refractivity contribution in [3.05, 3.63) is 76.8 Å². The first-order valence-electron chi connectivity index (χ1n) is 8.08. The van der Waals surface area contributed by atoms with Crippen molar-refractivity contribution in [3.8, 4) is 5.75 Å². The molecule has 0 saturated heterocycles. The van der Waals surface area contributed by atoms with E-state index in [9.17, 15) is 5.11 Å². The van der Waals surface area contributed by atoms with Crippen LogP contribution in [0.5, 0.6) is 5.75 Å². The highest BCUT2D eigenvalue weighted by Gasteiger charge is 2.38. The van der Waals surface area contributed by atoms with Crippen LogP contribution in [0, 0.1) is 0 Å². The molecule has 7 heteroatoms. The predicted molar refractivity (Wildman–Crippen MR) is 102 cm³/mol. The van der Waals surface area contributed by atoms with Gasteiger partial charge in [0.1, 0.15) is 24.5 Å². The molecule has 5 nitrogen and oxygen atoms in total. The van der Waals surface area contributed by atoms with Gasteiger partial charge in [-0.15, -0.1) is 0 Å². The van der Waals surface area contributed by atoms with Crippen LogP contribution in [0.4, 0.5) is 0 Å². The fraction of sp³-hybridized carbons (Fsp3) is 0.263. The van der Waals surface area contributed by atoms with E-state index >= 15 is 0 Å². The number of aliphatic hydroxyl groups is 1. The molecule has 0 bridgehead atoms. The fourth-order valence-corrected chi connectivity index (χ4v) is 2.92. The normalized spacial score (nSPS) is 14.0. The van der Waals surface area contributed by atoms with Crippen LogP contribution < -0.4 is 4.74 Å². The summed E-state index contributed by atoms with van der Waals surface area (Å²) in [7, 11) is 0. The molecule has 26 heavy (non-hydrogen) atoms. The van der Waals surface area contributed by atoms with Crippen LogP contribution in [0.2, 0.25) is 10.0 Å². The molecule has 0 aliphatic carbocycles.